The van der Waals surface area contributed by atoms with Crippen molar-refractivity contribution < 1.29 is 4.79 Å². The summed E-state index contributed by atoms with van der Waals surface area (Å²) >= 11 is 0. The molecule has 0 bridgehead atoms. The second kappa shape index (κ2) is 7.26. The van der Waals surface area contributed by atoms with Gasteiger partial charge in [-0.3, -0.25) is 4.79 Å². The summed E-state index contributed by atoms with van der Waals surface area (Å²) in [5.74, 6) is 0.287. The van der Waals surface area contributed by atoms with Crippen molar-refractivity contribution >= 4 is 11.6 Å². The molecule has 4 nitrogen and oxygen atoms in total. The third-order valence-corrected chi connectivity index (χ3v) is 3.01. The number of amides is 1. The van der Waals surface area contributed by atoms with Crippen LogP contribution in [0.1, 0.15) is 25.8 Å². The number of hydrogen-bond acceptors (Lipinski definition) is 3. The molecule has 0 aliphatic heterocycles. The summed E-state index contributed by atoms with van der Waals surface area (Å²) in [4.78, 5) is 13.9. The fourth-order valence-electron chi connectivity index (χ4n) is 1.72. The van der Waals surface area contributed by atoms with Crippen LogP contribution in [-0.2, 0) is 11.3 Å². The number of nitrogens with two attached hydrogens (primary N) is 1. The fourth-order valence-corrected chi connectivity index (χ4v) is 1.72. The Labute approximate surface area is 116 Å². The molecule has 0 spiro atoms. The van der Waals surface area contributed by atoms with Gasteiger partial charge in [0, 0.05) is 24.7 Å². The molecule has 1 amide bonds. The number of anilines is 1. The van der Waals surface area contributed by atoms with Gasteiger partial charge in [0.05, 0.1) is 0 Å². The molecule has 1 rings (SSSR count). The summed E-state index contributed by atoms with van der Waals surface area (Å²) in [5.41, 5.74) is 7.93. The molecule has 0 aliphatic carbocycles. The molecular weight excluding hydrogens is 238 g/mol. The highest BCUT2D eigenvalue weighted by molar-refractivity contribution is 5.91. The van der Waals surface area contributed by atoms with E-state index < -0.39 is 0 Å². The lowest BCUT2D eigenvalue weighted by atomic mass is 10.0. The van der Waals surface area contributed by atoms with E-state index in [1.54, 1.807) is 0 Å². The summed E-state index contributed by atoms with van der Waals surface area (Å²) < 4.78 is 0. The van der Waals surface area contributed by atoms with E-state index in [2.05, 4.69) is 10.2 Å². The van der Waals surface area contributed by atoms with Crippen molar-refractivity contribution in [2.75, 3.05) is 19.4 Å². The Balaban J connectivity index is 2.51. The molecule has 0 saturated heterocycles. The summed E-state index contributed by atoms with van der Waals surface area (Å²) in [6.07, 6.45) is 0.358. The van der Waals surface area contributed by atoms with E-state index >= 15 is 0 Å². The van der Waals surface area contributed by atoms with Crippen LogP contribution in [0.2, 0.25) is 0 Å². The van der Waals surface area contributed by atoms with Gasteiger partial charge in [-0.2, -0.15) is 0 Å². The van der Waals surface area contributed by atoms with Crippen LogP contribution in [0.15, 0.2) is 24.3 Å². The van der Waals surface area contributed by atoms with Crippen LogP contribution < -0.4 is 11.1 Å². The molecule has 4 heteroatoms. The third-order valence-electron chi connectivity index (χ3n) is 3.01. The molecule has 1 atom stereocenters. The van der Waals surface area contributed by atoms with Gasteiger partial charge < -0.3 is 16.0 Å². The number of hydrogen-bond donors (Lipinski definition) is 2. The van der Waals surface area contributed by atoms with Gasteiger partial charge in [-0.15, -0.1) is 0 Å². The second-order valence-electron chi connectivity index (χ2n) is 5.59. The van der Waals surface area contributed by atoms with Gasteiger partial charge in [-0.1, -0.05) is 26.0 Å². The maximum atomic E-state index is 11.8. The lowest BCUT2D eigenvalue weighted by Crippen LogP contribution is -2.31. The monoisotopic (exact) mass is 263 g/mol. The van der Waals surface area contributed by atoms with Crippen molar-refractivity contribution in [2.45, 2.75) is 32.9 Å². The maximum absolute atomic E-state index is 11.8. The van der Waals surface area contributed by atoms with E-state index in [1.165, 1.54) is 5.56 Å². The number of carbonyl (C=O) groups excluding carboxylic acids is 1. The van der Waals surface area contributed by atoms with E-state index in [0.717, 1.165) is 12.2 Å². The summed E-state index contributed by atoms with van der Waals surface area (Å²) in [5, 5.41) is 2.88. The van der Waals surface area contributed by atoms with Crippen molar-refractivity contribution in [1.29, 1.82) is 0 Å². The first-order chi connectivity index (χ1) is 8.88. The Hall–Kier alpha value is -1.39. The maximum Gasteiger partial charge on any atom is 0.225 e. The first kappa shape index (κ1) is 15.7. The Bertz CT molecular complexity index is 398. The van der Waals surface area contributed by atoms with Gasteiger partial charge in [-0.25, -0.2) is 0 Å². The van der Waals surface area contributed by atoms with Gasteiger partial charge in [0.25, 0.3) is 0 Å². The average Bonchev–Trinajstić information content (AvgIpc) is 2.30. The van der Waals surface area contributed by atoms with Crippen molar-refractivity contribution in [1.82, 2.24) is 4.90 Å². The first-order valence-electron chi connectivity index (χ1n) is 6.67. The van der Waals surface area contributed by atoms with Gasteiger partial charge in [0.1, 0.15) is 0 Å². The van der Waals surface area contributed by atoms with Gasteiger partial charge in [-0.05, 0) is 37.7 Å². The number of nitrogens with one attached hydrogen (secondary N) is 1. The third kappa shape index (κ3) is 5.85. The van der Waals surface area contributed by atoms with E-state index in [9.17, 15) is 4.79 Å². The first-order valence-corrected chi connectivity index (χ1v) is 6.67. The molecule has 19 heavy (non-hydrogen) atoms. The highest BCUT2D eigenvalue weighted by atomic mass is 16.1. The molecular formula is C15H25N3O. The van der Waals surface area contributed by atoms with Crippen molar-refractivity contribution in [3.05, 3.63) is 29.8 Å². The van der Waals surface area contributed by atoms with Gasteiger partial charge >= 0.3 is 0 Å². The minimum absolute atomic E-state index is 0.0263. The number of benzene rings is 1. The summed E-state index contributed by atoms with van der Waals surface area (Å²) in [7, 11) is 4.06. The number of rotatable bonds is 6. The molecule has 3 N–H and O–H groups in total. The zero-order valence-electron chi connectivity index (χ0n) is 12.3. The zero-order valence-corrected chi connectivity index (χ0v) is 12.3. The highest BCUT2D eigenvalue weighted by Crippen LogP contribution is 2.12. The molecule has 0 aliphatic rings. The Kier molecular flexibility index (Phi) is 5.99. The predicted molar refractivity (Wildman–Crippen MR) is 79.9 cm³/mol. The largest absolute Gasteiger partial charge is 0.327 e. The van der Waals surface area contributed by atoms with Crippen LogP contribution in [0, 0.1) is 5.92 Å². The molecule has 106 valence electrons. The number of carbonyl (C=O) groups is 1. The zero-order chi connectivity index (χ0) is 14.4. The Morgan fingerprint density at radius 2 is 1.84 bits per heavy atom. The van der Waals surface area contributed by atoms with Crippen LogP contribution in [-0.4, -0.2) is 30.9 Å². The molecule has 1 unspecified atom stereocenters. The molecule has 1 aromatic carbocycles. The average molecular weight is 263 g/mol. The summed E-state index contributed by atoms with van der Waals surface area (Å²) in [6, 6.07) is 7.82. The van der Waals surface area contributed by atoms with Crippen LogP contribution >= 0.6 is 0 Å². The second-order valence-corrected chi connectivity index (χ2v) is 5.59. The normalized spacial score (nSPS) is 12.8. The minimum Gasteiger partial charge on any atom is -0.327 e. The van der Waals surface area contributed by atoms with Crippen molar-refractivity contribution in [2.24, 2.45) is 11.7 Å². The molecule has 1 aromatic rings. The van der Waals surface area contributed by atoms with Crippen molar-refractivity contribution in [3.63, 3.8) is 0 Å². The van der Waals surface area contributed by atoms with E-state index in [-0.39, 0.29) is 11.9 Å². The van der Waals surface area contributed by atoms with Gasteiger partial charge in [0.15, 0.2) is 0 Å². The van der Waals surface area contributed by atoms with E-state index in [0.29, 0.717) is 12.3 Å². The van der Waals surface area contributed by atoms with Crippen LogP contribution in [0.5, 0.6) is 0 Å². The quantitative estimate of drug-likeness (QED) is 0.826. The van der Waals surface area contributed by atoms with Crippen LogP contribution in [0.4, 0.5) is 5.69 Å². The van der Waals surface area contributed by atoms with E-state index in [1.807, 2.05) is 52.2 Å². The fraction of sp³-hybridized carbons (Fsp3) is 0.533. The Morgan fingerprint density at radius 3 is 2.32 bits per heavy atom. The lowest BCUT2D eigenvalue weighted by Gasteiger charge is -2.15. The number of nitrogens with zero attached hydrogens (tertiary/aromatic N) is 1. The van der Waals surface area contributed by atoms with Crippen molar-refractivity contribution in [3.8, 4) is 0 Å². The lowest BCUT2D eigenvalue weighted by molar-refractivity contribution is -0.116. The molecule has 0 aromatic heterocycles. The summed E-state index contributed by atoms with van der Waals surface area (Å²) in [6.45, 7) is 4.94. The highest BCUT2D eigenvalue weighted by Gasteiger charge is 2.12. The standard InChI is InChI=1S/C15H25N3O/c1-11(2)14(16)9-15(19)17-13-7-5-12(6-8-13)10-18(3)4/h5-8,11,14H,9-10,16H2,1-4H3,(H,17,19). The molecule has 0 radical (unpaired) electrons. The molecule has 0 saturated carbocycles. The van der Waals surface area contributed by atoms with E-state index in [4.69, 9.17) is 5.73 Å². The van der Waals surface area contributed by atoms with Crippen LogP contribution in [0.3, 0.4) is 0 Å². The predicted octanol–water partition coefficient (Wildman–Crippen LogP) is 2.06. The molecule has 0 heterocycles. The SMILES string of the molecule is CC(C)C(N)CC(=O)Nc1ccc(CN(C)C)cc1. The topological polar surface area (TPSA) is 58.4 Å². The van der Waals surface area contributed by atoms with Gasteiger partial charge in [0.2, 0.25) is 5.91 Å². The van der Waals surface area contributed by atoms with Crippen LogP contribution in [0.25, 0.3) is 0 Å². The molecule has 0 fully saturated rings. The smallest absolute Gasteiger partial charge is 0.225 e. The minimum atomic E-state index is -0.0898. The Morgan fingerprint density at radius 1 is 1.26 bits per heavy atom.